The molecule has 3 nitrogen and oxygen atoms in total. The Balaban J connectivity index is 2.11. The quantitative estimate of drug-likeness (QED) is 0.766. The number of aromatic nitrogens is 1. The van der Waals surface area contributed by atoms with E-state index in [1.165, 1.54) is 0 Å². The molecule has 0 aromatic carbocycles. The number of rotatable bonds is 2. The first kappa shape index (κ1) is 9.33. The fourth-order valence-electron chi connectivity index (χ4n) is 2.36. The molecule has 1 amide bonds. The van der Waals surface area contributed by atoms with Crippen LogP contribution in [0.25, 0.3) is 0 Å². The number of carbonyl (C=O) groups is 1. The molecule has 0 saturated heterocycles. The Morgan fingerprint density at radius 3 is 3.00 bits per heavy atom. The van der Waals surface area contributed by atoms with E-state index in [-0.39, 0.29) is 11.3 Å². The number of alkyl halides is 1. The van der Waals surface area contributed by atoms with Crippen LogP contribution in [0.3, 0.4) is 0 Å². The fraction of sp³-hybridized carbons (Fsp3) is 0.455. The Kier molecular flexibility index (Phi) is 1.89. The van der Waals surface area contributed by atoms with E-state index in [2.05, 4.69) is 20.9 Å². The highest BCUT2D eigenvalue weighted by atomic mass is 79.9. The van der Waals surface area contributed by atoms with Crippen LogP contribution in [0.15, 0.2) is 18.3 Å². The summed E-state index contributed by atoms with van der Waals surface area (Å²) < 4.78 is 0. The number of halogens is 1. The minimum absolute atomic E-state index is 0.189. The molecule has 0 unspecified atom stereocenters. The van der Waals surface area contributed by atoms with Gasteiger partial charge in [-0.05, 0) is 18.9 Å². The summed E-state index contributed by atoms with van der Waals surface area (Å²) in [6.07, 6.45) is 3.74. The van der Waals surface area contributed by atoms with E-state index in [0.29, 0.717) is 6.54 Å². The Morgan fingerprint density at radius 1 is 1.53 bits per heavy atom. The number of nitrogens with zero attached hydrogens (tertiary/aromatic N) is 2. The van der Waals surface area contributed by atoms with E-state index in [1.54, 1.807) is 6.20 Å². The molecule has 0 N–H and O–H groups in total. The first-order valence-electron chi connectivity index (χ1n) is 5.13. The largest absolute Gasteiger partial charge is 0.295 e. The second-order valence-electron chi connectivity index (χ2n) is 4.10. The van der Waals surface area contributed by atoms with Crippen LogP contribution in [-0.2, 0) is 10.2 Å². The van der Waals surface area contributed by atoms with Gasteiger partial charge in [0.1, 0.15) is 5.82 Å². The lowest BCUT2D eigenvalue weighted by Gasteiger charge is -2.14. The molecule has 0 atom stereocenters. The third-order valence-electron chi connectivity index (χ3n) is 3.27. The molecule has 0 radical (unpaired) electrons. The topological polar surface area (TPSA) is 33.2 Å². The normalized spacial score (nSPS) is 20.9. The second-order valence-corrected chi connectivity index (χ2v) is 4.90. The van der Waals surface area contributed by atoms with Gasteiger partial charge in [0.05, 0.1) is 5.41 Å². The Bertz CT molecular complexity index is 428. The van der Waals surface area contributed by atoms with Crippen LogP contribution in [0.2, 0.25) is 0 Å². The van der Waals surface area contributed by atoms with Gasteiger partial charge in [0.25, 0.3) is 0 Å². The van der Waals surface area contributed by atoms with Crippen molar-refractivity contribution in [3.63, 3.8) is 0 Å². The monoisotopic (exact) mass is 266 g/mol. The molecule has 1 aromatic rings. The van der Waals surface area contributed by atoms with Crippen molar-refractivity contribution < 1.29 is 4.79 Å². The number of anilines is 1. The maximum absolute atomic E-state index is 12.2. The van der Waals surface area contributed by atoms with Crippen molar-refractivity contribution >= 4 is 27.7 Å². The summed E-state index contributed by atoms with van der Waals surface area (Å²) in [5.41, 5.74) is 0.946. The lowest BCUT2D eigenvalue weighted by molar-refractivity contribution is -0.120. The lowest BCUT2D eigenvalue weighted by atomic mass is 10.00. The minimum atomic E-state index is -0.189. The molecule has 3 rings (SSSR count). The number of hydrogen-bond acceptors (Lipinski definition) is 2. The van der Waals surface area contributed by atoms with Gasteiger partial charge in [-0.15, -0.1) is 0 Å². The molecule has 1 aliphatic heterocycles. The number of carbonyl (C=O) groups excluding carboxylic acids is 1. The number of amides is 1. The molecule has 1 saturated carbocycles. The van der Waals surface area contributed by atoms with E-state index < -0.39 is 0 Å². The molecule has 1 fully saturated rings. The summed E-state index contributed by atoms with van der Waals surface area (Å²) in [4.78, 5) is 18.3. The van der Waals surface area contributed by atoms with Crippen LogP contribution in [0, 0.1) is 0 Å². The number of pyridine rings is 1. The van der Waals surface area contributed by atoms with E-state index >= 15 is 0 Å². The summed E-state index contributed by atoms with van der Waals surface area (Å²) in [6.45, 7) is 0.713. The van der Waals surface area contributed by atoms with E-state index in [0.717, 1.165) is 29.6 Å². The van der Waals surface area contributed by atoms with Crippen LogP contribution in [0.5, 0.6) is 0 Å². The van der Waals surface area contributed by atoms with Crippen LogP contribution >= 0.6 is 15.9 Å². The molecule has 1 spiro atoms. The first-order valence-corrected chi connectivity index (χ1v) is 6.25. The maximum atomic E-state index is 12.2. The summed E-state index contributed by atoms with van der Waals surface area (Å²) in [5, 5.41) is 0.796. The Morgan fingerprint density at radius 2 is 2.33 bits per heavy atom. The van der Waals surface area contributed by atoms with Crippen molar-refractivity contribution in [2.45, 2.75) is 18.3 Å². The highest BCUT2D eigenvalue weighted by Crippen LogP contribution is 2.56. The third-order valence-corrected chi connectivity index (χ3v) is 3.63. The minimum Gasteiger partial charge on any atom is -0.295 e. The van der Waals surface area contributed by atoms with Gasteiger partial charge >= 0.3 is 0 Å². The predicted molar refractivity (Wildman–Crippen MR) is 61.3 cm³/mol. The zero-order chi connectivity index (χ0) is 10.5. The SMILES string of the molecule is O=C1N(CCBr)c2ncccc2C12CC2. The smallest absolute Gasteiger partial charge is 0.238 e. The number of fused-ring (bicyclic) bond motifs is 2. The number of hydrogen-bond donors (Lipinski definition) is 0. The average molecular weight is 267 g/mol. The summed E-state index contributed by atoms with van der Waals surface area (Å²) >= 11 is 3.38. The molecule has 0 bridgehead atoms. The molecule has 15 heavy (non-hydrogen) atoms. The van der Waals surface area contributed by atoms with E-state index in [9.17, 15) is 4.79 Å². The maximum Gasteiger partial charge on any atom is 0.238 e. The van der Waals surface area contributed by atoms with Gasteiger partial charge in [0.15, 0.2) is 0 Å². The molecule has 2 heterocycles. The second kappa shape index (κ2) is 3.04. The van der Waals surface area contributed by atoms with E-state index in [4.69, 9.17) is 0 Å². The summed E-state index contributed by atoms with van der Waals surface area (Å²) in [6, 6.07) is 3.96. The highest BCUT2D eigenvalue weighted by molar-refractivity contribution is 9.09. The van der Waals surface area contributed by atoms with Crippen molar-refractivity contribution in [2.75, 3.05) is 16.8 Å². The molecule has 2 aliphatic rings. The lowest BCUT2D eigenvalue weighted by Crippen LogP contribution is -2.33. The van der Waals surface area contributed by atoms with Crippen molar-refractivity contribution in [3.05, 3.63) is 23.9 Å². The van der Waals surface area contributed by atoms with Crippen molar-refractivity contribution in [2.24, 2.45) is 0 Å². The van der Waals surface area contributed by atoms with Crippen LogP contribution < -0.4 is 4.90 Å². The predicted octanol–water partition coefficient (Wildman–Crippen LogP) is 1.85. The van der Waals surface area contributed by atoms with Crippen LogP contribution in [0.1, 0.15) is 18.4 Å². The van der Waals surface area contributed by atoms with Crippen LogP contribution in [0.4, 0.5) is 5.82 Å². The molecule has 1 aliphatic carbocycles. The Hall–Kier alpha value is -0.900. The molecular weight excluding hydrogens is 256 g/mol. The van der Waals surface area contributed by atoms with Gasteiger partial charge in [-0.2, -0.15) is 0 Å². The average Bonchev–Trinajstić information content (AvgIpc) is 3.02. The highest BCUT2D eigenvalue weighted by Gasteiger charge is 2.59. The third kappa shape index (κ3) is 1.11. The van der Waals surface area contributed by atoms with Gasteiger partial charge in [-0.1, -0.05) is 22.0 Å². The molecule has 1 aromatic heterocycles. The first-order chi connectivity index (χ1) is 7.29. The fourth-order valence-corrected chi connectivity index (χ4v) is 2.71. The van der Waals surface area contributed by atoms with Gasteiger partial charge in [-0.3, -0.25) is 9.69 Å². The van der Waals surface area contributed by atoms with Gasteiger partial charge in [0.2, 0.25) is 5.91 Å². The van der Waals surface area contributed by atoms with Gasteiger partial charge in [-0.25, -0.2) is 4.98 Å². The zero-order valence-electron chi connectivity index (χ0n) is 8.24. The zero-order valence-corrected chi connectivity index (χ0v) is 9.83. The molecule has 4 heteroatoms. The summed E-state index contributed by atoms with van der Waals surface area (Å²) in [5.74, 6) is 1.12. The van der Waals surface area contributed by atoms with Gasteiger partial charge in [0, 0.05) is 23.6 Å². The van der Waals surface area contributed by atoms with Crippen molar-refractivity contribution in [3.8, 4) is 0 Å². The van der Waals surface area contributed by atoms with Crippen molar-refractivity contribution in [1.82, 2.24) is 4.98 Å². The van der Waals surface area contributed by atoms with Crippen LogP contribution in [-0.4, -0.2) is 22.8 Å². The van der Waals surface area contributed by atoms with Crippen molar-refractivity contribution in [1.29, 1.82) is 0 Å². The molecule has 78 valence electrons. The summed E-state index contributed by atoms with van der Waals surface area (Å²) in [7, 11) is 0. The van der Waals surface area contributed by atoms with E-state index in [1.807, 2.05) is 17.0 Å². The Labute approximate surface area is 96.6 Å². The van der Waals surface area contributed by atoms with Gasteiger partial charge < -0.3 is 0 Å². The standard InChI is InChI=1S/C11H11BrN2O/c12-5-7-14-9-8(2-1-6-13-9)11(3-4-11)10(14)15/h1-2,6H,3-5,7H2. The molecular formula is C11H11BrN2O.